The van der Waals surface area contributed by atoms with E-state index in [2.05, 4.69) is 38.2 Å². The third kappa shape index (κ3) is 11.3. The summed E-state index contributed by atoms with van der Waals surface area (Å²) in [5, 5.41) is 9.74. The molecule has 1 saturated carbocycles. The number of likely N-dealkylation sites (tertiary alicyclic amines) is 2. The van der Waals surface area contributed by atoms with Gasteiger partial charge in [-0.25, -0.2) is 18.7 Å². The van der Waals surface area contributed by atoms with Crippen molar-refractivity contribution in [2.24, 2.45) is 11.8 Å². The number of carbonyl (C=O) groups is 1. The minimum atomic E-state index is -0.643. The van der Waals surface area contributed by atoms with Crippen molar-refractivity contribution in [3.05, 3.63) is 42.8 Å². The highest BCUT2D eigenvalue weighted by molar-refractivity contribution is 5.73. The van der Waals surface area contributed by atoms with Crippen molar-refractivity contribution in [2.75, 3.05) is 44.2 Å². The van der Waals surface area contributed by atoms with E-state index >= 15 is 0 Å². The minimum Gasteiger partial charge on any atom is -0.480 e. The number of aliphatic carboxylic acids is 1. The molecule has 1 aliphatic carbocycles. The van der Waals surface area contributed by atoms with E-state index in [0.717, 1.165) is 65.0 Å². The lowest BCUT2D eigenvalue weighted by Crippen LogP contribution is -2.47. The van der Waals surface area contributed by atoms with Gasteiger partial charge in [0.15, 0.2) is 5.82 Å². The van der Waals surface area contributed by atoms with Crippen LogP contribution in [0.15, 0.2) is 37.0 Å². The van der Waals surface area contributed by atoms with E-state index in [1.54, 1.807) is 0 Å². The number of hydrogen-bond donors (Lipinski definition) is 1. The molecule has 0 radical (unpaired) electrons. The monoisotopic (exact) mass is 549 g/mol. The van der Waals surface area contributed by atoms with Gasteiger partial charge in [-0.05, 0) is 71.8 Å². The molecule has 2 atom stereocenters. The second-order valence-corrected chi connectivity index (χ2v) is 10.9. The van der Waals surface area contributed by atoms with E-state index in [-0.39, 0.29) is 11.9 Å². The standard InChI is InChI=1S/C23H36FN5O2.C4H8.C3H5F/c1-2-29(23-25-13-19(24)14-26-23)20-7-9-27(10-8-20)15-18-6-11-28(16-18)21(22(30)31)12-17-4-3-5-17;1-3-4-2;1-3(2)4/h13-14,17-18,20-21H,2-12,15-16H2,1H3,(H,30,31);3-4H,1-2H3;1H2,2H3/b;4-3-;. The Balaban J connectivity index is 0.000000590. The summed E-state index contributed by atoms with van der Waals surface area (Å²) in [4.78, 5) is 27.1. The number of halogens is 2. The van der Waals surface area contributed by atoms with Crippen LogP contribution in [0.25, 0.3) is 0 Å². The average molecular weight is 550 g/mol. The van der Waals surface area contributed by atoms with Crippen molar-refractivity contribution in [2.45, 2.75) is 84.7 Å². The molecule has 3 fully saturated rings. The predicted octanol–water partition coefficient (Wildman–Crippen LogP) is 5.94. The summed E-state index contributed by atoms with van der Waals surface area (Å²) in [5.74, 6) is 0.405. The topological polar surface area (TPSA) is 72.8 Å². The lowest BCUT2D eigenvalue weighted by molar-refractivity contribution is -0.144. The molecule has 0 spiro atoms. The average Bonchev–Trinajstić information content (AvgIpc) is 3.33. The molecule has 2 unspecified atom stereocenters. The van der Waals surface area contributed by atoms with E-state index in [9.17, 15) is 18.7 Å². The molecule has 0 amide bonds. The fourth-order valence-electron chi connectivity index (χ4n) is 5.54. The van der Waals surface area contributed by atoms with Gasteiger partial charge in [-0.2, -0.15) is 0 Å². The Labute approximate surface area is 234 Å². The van der Waals surface area contributed by atoms with Crippen LogP contribution in [0.2, 0.25) is 0 Å². The second kappa shape index (κ2) is 17.3. The minimum absolute atomic E-state index is 0.296. The zero-order valence-electron chi connectivity index (χ0n) is 24.4. The number of aromatic nitrogens is 2. The van der Waals surface area contributed by atoms with Crippen molar-refractivity contribution in [1.29, 1.82) is 0 Å². The molecule has 3 aliphatic rings. The molecule has 1 aromatic heterocycles. The van der Waals surface area contributed by atoms with Gasteiger partial charge in [0.25, 0.3) is 0 Å². The molecule has 39 heavy (non-hydrogen) atoms. The number of rotatable bonds is 9. The Morgan fingerprint density at radius 2 is 1.72 bits per heavy atom. The molecule has 0 bridgehead atoms. The molecule has 1 aromatic rings. The quantitative estimate of drug-likeness (QED) is 0.382. The fourth-order valence-corrected chi connectivity index (χ4v) is 5.54. The Kier molecular flexibility index (Phi) is 14.6. The van der Waals surface area contributed by atoms with Crippen LogP contribution in [0.1, 0.15) is 72.6 Å². The second-order valence-electron chi connectivity index (χ2n) is 10.9. The Morgan fingerprint density at radius 1 is 1.13 bits per heavy atom. The summed E-state index contributed by atoms with van der Waals surface area (Å²) < 4.78 is 24.0. The Hall–Kier alpha value is -2.39. The van der Waals surface area contributed by atoms with Gasteiger partial charge in [0, 0.05) is 38.8 Å². The van der Waals surface area contributed by atoms with Gasteiger partial charge in [0.05, 0.1) is 18.2 Å². The van der Waals surface area contributed by atoms with Crippen molar-refractivity contribution in [1.82, 2.24) is 19.8 Å². The molecular formula is C30H49F2N5O2. The first-order chi connectivity index (χ1) is 18.7. The molecule has 7 nitrogen and oxygen atoms in total. The lowest BCUT2D eigenvalue weighted by atomic mass is 9.80. The first kappa shape index (κ1) is 32.8. The summed E-state index contributed by atoms with van der Waals surface area (Å²) in [6.45, 7) is 16.0. The number of carboxylic acid groups (broad SMARTS) is 1. The maximum absolute atomic E-state index is 13.2. The van der Waals surface area contributed by atoms with Crippen LogP contribution in [-0.2, 0) is 4.79 Å². The van der Waals surface area contributed by atoms with Gasteiger partial charge in [-0.3, -0.25) is 9.69 Å². The number of hydrogen-bond acceptors (Lipinski definition) is 6. The maximum atomic E-state index is 13.2. The van der Waals surface area contributed by atoms with Crippen molar-refractivity contribution < 1.29 is 18.7 Å². The van der Waals surface area contributed by atoms with Crippen LogP contribution in [0.4, 0.5) is 14.7 Å². The molecule has 2 saturated heterocycles. The highest BCUT2D eigenvalue weighted by atomic mass is 19.1. The van der Waals surface area contributed by atoms with Gasteiger partial charge in [-0.1, -0.05) is 38.0 Å². The number of piperidine rings is 1. The molecule has 220 valence electrons. The Morgan fingerprint density at radius 3 is 2.18 bits per heavy atom. The van der Waals surface area contributed by atoms with Crippen LogP contribution < -0.4 is 4.90 Å². The van der Waals surface area contributed by atoms with Gasteiger partial charge >= 0.3 is 5.97 Å². The fraction of sp³-hybridized carbons (Fsp3) is 0.700. The van der Waals surface area contributed by atoms with Crippen LogP contribution in [0, 0.1) is 17.7 Å². The van der Waals surface area contributed by atoms with E-state index in [4.69, 9.17) is 0 Å². The summed E-state index contributed by atoms with van der Waals surface area (Å²) in [5.41, 5.74) is 0. The largest absolute Gasteiger partial charge is 0.480 e. The number of nitrogens with zero attached hydrogens (tertiary/aromatic N) is 5. The lowest BCUT2D eigenvalue weighted by Gasteiger charge is -2.39. The first-order valence-electron chi connectivity index (χ1n) is 14.5. The summed E-state index contributed by atoms with van der Waals surface area (Å²) in [6, 6.07) is 0.0838. The van der Waals surface area contributed by atoms with Crippen LogP contribution >= 0.6 is 0 Å². The van der Waals surface area contributed by atoms with Gasteiger partial charge in [0.1, 0.15) is 6.04 Å². The summed E-state index contributed by atoms with van der Waals surface area (Å²) in [6.07, 6.45) is 14.2. The van der Waals surface area contributed by atoms with Crippen molar-refractivity contribution in [3.63, 3.8) is 0 Å². The molecule has 2 aliphatic heterocycles. The summed E-state index contributed by atoms with van der Waals surface area (Å²) in [7, 11) is 0. The number of anilines is 1. The SMILES string of the molecule is C/C=C\C.C=C(C)F.CCN(c1ncc(F)cn1)C1CCN(CC2CCN(C(CC3CCC3)C(=O)O)C2)CC1. The highest BCUT2D eigenvalue weighted by Gasteiger charge is 2.36. The molecular weight excluding hydrogens is 500 g/mol. The normalized spacial score (nSPS) is 21.3. The van der Waals surface area contributed by atoms with Crippen LogP contribution in [-0.4, -0.2) is 82.2 Å². The van der Waals surface area contributed by atoms with Crippen molar-refractivity contribution >= 4 is 11.9 Å². The molecule has 3 heterocycles. The van der Waals surface area contributed by atoms with Crippen LogP contribution in [0.3, 0.4) is 0 Å². The first-order valence-corrected chi connectivity index (χ1v) is 14.5. The third-order valence-corrected chi connectivity index (χ3v) is 7.88. The predicted molar refractivity (Wildman–Crippen MR) is 154 cm³/mol. The number of allylic oxidation sites excluding steroid dienone is 3. The van der Waals surface area contributed by atoms with E-state index in [1.807, 2.05) is 26.0 Å². The Bertz CT molecular complexity index is 878. The van der Waals surface area contributed by atoms with Gasteiger partial charge in [0.2, 0.25) is 5.95 Å². The van der Waals surface area contributed by atoms with E-state index in [1.165, 1.54) is 38.6 Å². The molecule has 0 aromatic carbocycles. The zero-order chi connectivity index (χ0) is 28.8. The third-order valence-electron chi connectivity index (χ3n) is 7.88. The summed E-state index contributed by atoms with van der Waals surface area (Å²) >= 11 is 0. The van der Waals surface area contributed by atoms with E-state index in [0.29, 0.717) is 23.8 Å². The maximum Gasteiger partial charge on any atom is 0.320 e. The molecule has 9 heteroatoms. The van der Waals surface area contributed by atoms with Crippen molar-refractivity contribution in [3.8, 4) is 0 Å². The molecule has 1 N–H and O–H groups in total. The number of carboxylic acids is 1. The van der Waals surface area contributed by atoms with E-state index < -0.39 is 11.8 Å². The molecule has 4 rings (SSSR count). The van der Waals surface area contributed by atoms with Gasteiger partial charge < -0.3 is 14.9 Å². The zero-order valence-corrected chi connectivity index (χ0v) is 24.4. The highest BCUT2D eigenvalue weighted by Crippen LogP contribution is 2.33. The van der Waals surface area contributed by atoms with Gasteiger partial charge in [-0.15, -0.1) is 0 Å². The van der Waals surface area contributed by atoms with Crippen LogP contribution in [0.5, 0.6) is 0 Å². The smallest absolute Gasteiger partial charge is 0.320 e.